The summed E-state index contributed by atoms with van der Waals surface area (Å²) in [4.78, 5) is 33.2. The first-order chi connectivity index (χ1) is 9.79. The van der Waals surface area contributed by atoms with E-state index in [1.54, 1.807) is 25.1 Å². The van der Waals surface area contributed by atoms with E-state index in [1.807, 2.05) is 0 Å². The number of primary amides is 1. The summed E-state index contributed by atoms with van der Waals surface area (Å²) in [7, 11) is 0. The van der Waals surface area contributed by atoms with Crippen LogP contribution in [0.15, 0.2) is 18.2 Å². The summed E-state index contributed by atoms with van der Waals surface area (Å²) >= 11 is 5.79. The normalized spacial score (nSPS) is 11.5. The Kier molecular flexibility index (Phi) is 5.98. The van der Waals surface area contributed by atoms with Crippen LogP contribution in [0.1, 0.15) is 12.0 Å². The van der Waals surface area contributed by atoms with E-state index < -0.39 is 30.2 Å². The van der Waals surface area contributed by atoms with Gasteiger partial charge >= 0.3 is 5.97 Å². The van der Waals surface area contributed by atoms with Gasteiger partial charge in [0.25, 0.3) is 5.91 Å². The maximum absolute atomic E-state index is 11.6. The fourth-order valence-corrected chi connectivity index (χ4v) is 1.78. The molecule has 0 heterocycles. The molecule has 0 aliphatic rings. The predicted molar refractivity (Wildman–Crippen MR) is 75.1 cm³/mol. The standard InChI is InChI=1S/C13H15ClN2O5/c1-7-4-8(14)2-3-10(7)21-6-12(18)16-9(13(19)20)5-11(15)17/h2-4,9H,5-6H2,1H3,(H2,15,17)(H,16,18)(H,19,20)/t9-/m1/s1. The lowest BCUT2D eigenvalue weighted by Gasteiger charge is -2.14. The van der Waals surface area contributed by atoms with Crippen molar-refractivity contribution in [1.29, 1.82) is 0 Å². The number of carbonyl (C=O) groups excluding carboxylic acids is 2. The Hall–Kier alpha value is -2.28. The quantitative estimate of drug-likeness (QED) is 0.676. The van der Waals surface area contributed by atoms with Crippen molar-refractivity contribution < 1.29 is 24.2 Å². The van der Waals surface area contributed by atoms with Crippen molar-refractivity contribution in [2.45, 2.75) is 19.4 Å². The van der Waals surface area contributed by atoms with Crippen LogP contribution in [0.25, 0.3) is 0 Å². The van der Waals surface area contributed by atoms with Crippen molar-refractivity contribution in [2.24, 2.45) is 5.73 Å². The molecule has 0 aliphatic carbocycles. The van der Waals surface area contributed by atoms with E-state index in [4.69, 9.17) is 27.2 Å². The number of hydrogen-bond acceptors (Lipinski definition) is 4. The molecule has 1 aromatic rings. The summed E-state index contributed by atoms with van der Waals surface area (Å²) in [6.45, 7) is 1.37. The zero-order valence-electron chi connectivity index (χ0n) is 11.3. The van der Waals surface area contributed by atoms with Gasteiger partial charge in [0.2, 0.25) is 5.91 Å². The average Bonchev–Trinajstić information content (AvgIpc) is 2.36. The molecule has 0 unspecified atom stereocenters. The van der Waals surface area contributed by atoms with Gasteiger partial charge in [0.05, 0.1) is 6.42 Å². The molecule has 7 nitrogen and oxygen atoms in total. The van der Waals surface area contributed by atoms with Gasteiger partial charge in [-0.1, -0.05) is 11.6 Å². The van der Waals surface area contributed by atoms with E-state index in [2.05, 4.69) is 5.32 Å². The molecule has 1 aromatic carbocycles. The molecular weight excluding hydrogens is 300 g/mol. The number of nitrogens with two attached hydrogens (primary N) is 1. The first-order valence-corrected chi connectivity index (χ1v) is 6.37. The second-order valence-corrected chi connectivity index (χ2v) is 4.76. The minimum absolute atomic E-state index is 0.384. The molecule has 1 rings (SSSR count). The second-order valence-electron chi connectivity index (χ2n) is 4.33. The largest absolute Gasteiger partial charge is 0.484 e. The van der Waals surface area contributed by atoms with Crippen LogP contribution in [0.2, 0.25) is 5.02 Å². The van der Waals surface area contributed by atoms with Crippen molar-refractivity contribution in [2.75, 3.05) is 6.61 Å². The van der Waals surface area contributed by atoms with Gasteiger partial charge < -0.3 is 20.9 Å². The smallest absolute Gasteiger partial charge is 0.326 e. The maximum atomic E-state index is 11.6. The van der Waals surface area contributed by atoms with Gasteiger partial charge in [-0.25, -0.2) is 4.79 Å². The van der Waals surface area contributed by atoms with Gasteiger partial charge in [-0.2, -0.15) is 0 Å². The monoisotopic (exact) mass is 314 g/mol. The summed E-state index contributed by atoms with van der Waals surface area (Å²) in [5.41, 5.74) is 5.65. The predicted octanol–water partition coefficient (Wildman–Crippen LogP) is 0.472. The molecule has 0 bridgehead atoms. The van der Waals surface area contributed by atoms with Gasteiger partial charge in [0, 0.05) is 5.02 Å². The Bertz CT molecular complexity index is 561. The van der Waals surface area contributed by atoms with Crippen molar-refractivity contribution in [3.8, 4) is 5.75 Å². The number of aryl methyl sites for hydroxylation is 1. The molecule has 0 saturated heterocycles. The minimum atomic E-state index is -1.37. The number of carboxylic acid groups (broad SMARTS) is 1. The van der Waals surface area contributed by atoms with Crippen LogP contribution in [0.4, 0.5) is 0 Å². The Morgan fingerprint density at radius 1 is 1.43 bits per heavy atom. The van der Waals surface area contributed by atoms with Crippen LogP contribution in [-0.4, -0.2) is 35.5 Å². The highest BCUT2D eigenvalue weighted by atomic mass is 35.5. The summed E-state index contributed by atoms with van der Waals surface area (Å²) in [5.74, 6) is -2.38. The number of halogens is 1. The summed E-state index contributed by atoms with van der Waals surface area (Å²) < 4.78 is 5.26. The third-order valence-electron chi connectivity index (χ3n) is 2.53. The van der Waals surface area contributed by atoms with Crippen LogP contribution >= 0.6 is 11.6 Å². The topological polar surface area (TPSA) is 119 Å². The zero-order chi connectivity index (χ0) is 16.0. The lowest BCUT2D eigenvalue weighted by Crippen LogP contribution is -2.45. The molecule has 0 aromatic heterocycles. The average molecular weight is 315 g/mol. The number of carboxylic acids is 1. The highest BCUT2D eigenvalue weighted by Gasteiger charge is 2.22. The third-order valence-corrected chi connectivity index (χ3v) is 2.77. The van der Waals surface area contributed by atoms with Gasteiger partial charge in [-0.15, -0.1) is 0 Å². The number of ether oxygens (including phenoxy) is 1. The Morgan fingerprint density at radius 2 is 2.10 bits per heavy atom. The molecule has 0 spiro atoms. The van der Waals surface area contributed by atoms with Crippen molar-refractivity contribution in [3.05, 3.63) is 28.8 Å². The summed E-state index contributed by atoms with van der Waals surface area (Å²) in [5, 5.41) is 11.6. The first-order valence-electron chi connectivity index (χ1n) is 5.99. The van der Waals surface area contributed by atoms with Crippen LogP contribution in [-0.2, 0) is 14.4 Å². The fourth-order valence-electron chi connectivity index (χ4n) is 1.56. The lowest BCUT2D eigenvalue weighted by atomic mass is 10.2. The van der Waals surface area contributed by atoms with Crippen LogP contribution in [0.3, 0.4) is 0 Å². The Morgan fingerprint density at radius 3 is 2.62 bits per heavy atom. The first kappa shape index (κ1) is 16.8. The Balaban J connectivity index is 2.56. The molecule has 1 atom stereocenters. The molecule has 0 saturated carbocycles. The van der Waals surface area contributed by atoms with E-state index in [-0.39, 0.29) is 6.61 Å². The number of nitrogens with one attached hydrogen (secondary N) is 1. The maximum Gasteiger partial charge on any atom is 0.326 e. The summed E-state index contributed by atoms with van der Waals surface area (Å²) in [6, 6.07) is 3.50. The molecular formula is C13H15ClN2O5. The third kappa shape index (κ3) is 5.70. The van der Waals surface area contributed by atoms with Crippen LogP contribution in [0.5, 0.6) is 5.75 Å². The van der Waals surface area contributed by atoms with E-state index in [9.17, 15) is 14.4 Å². The SMILES string of the molecule is Cc1cc(Cl)ccc1OCC(=O)N[C@H](CC(N)=O)C(=O)O. The second kappa shape index (κ2) is 7.49. The minimum Gasteiger partial charge on any atom is -0.484 e. The molecule has 8 heteroatoms. The fraction of sp³-hybridized carbons (Fsp3) is 0.308. The van der Waals surface area contributed by atoms with E-state index >= 15 is 0 Å². The number of hydrogen-bond donors (Lipinski definition) is 3. The van der Waals surface area contributed by atoms with Crippen molar-refractivity contribution in [3.63, 3.8) is 0 Å². The molecule has 2 amide bonds. The number of rotatable bonds is 7. The van der Waals surface area contributed by atoms with Crippen LogP contribution < -0.4 is 15.8 Å². The molecule has 21 heavy (non-hydrogen) atoms. The van der Waals surface area contributed by atoms with E-state index in [0.29, 0.717) is 10.8 Å². The van der Waals surface area contributed by atoms with E-state index in [0.717, 1.165) is 5.56 Å². The summed E-state index contributed by atoms with van der Waals surface area (Å²) in [6.07, 6.45) is -0.485. The highest BCUT2D eigenvalue weighted by Crippen LogP contribution is 2.21. The number of amides is 2. The zero-order valence-corrected chi connectivity index (χ0v) is 12.0. The number of carbonyl (C=O) groups is 3. The number of benzene rings is 1. The molecule has 114 valence electrons. The van der Waals surface area contributed by atoms with Crippen molar-refractivity contribution >= 4 is 29.4 Å². The lowest BCUT2D eigenvalue weighted by molar-refractivity contribution is -0.143. The molecule has 0 aliphatic heterocycles. The van der Waals surface area contributed by atoms with Gasteiger partial charge in [0.15, 0.2) is 6.61 Å². The molecule has 4 N–H and O–H groups in total. The van der Waals surface area contributed by atoms with Gasteiger partial charge in [-0.05, 0) is 30.7 Å². The number of aliphatic carboxylic acids is 1. The molecule has 0 radical (unpaired) electrons. The van der Waals surface area contributed by atoms with Gasteiger partial charge in [-0.3, -0.25) is 9.59 Å². The highest BCUT2D eigenvalue weighted by molar-refractivity contribution is 6.30. The van der Waals surface area contributed by atoms with E-state index in [1.165, 1.54) is 0 Å². The van der Waals surface area contributed by atoms with Crippen molar-refractivity contribution in [1.82, 2.24) is 5.32 Å². The van der Waals surface area contributed by atoms with Crippen LogP contribution in [0, 0.1) is 6.92 Å². The van der Waals surface area contributed by atoms with Gasteiger partial charge in [0.1, 0.15) is 11.8 Å². The molecule has 0 fully saturated rings. The Labute approximate surface area is 126 Å².